The van der Waals surface area contributed by atoms with Crippen LogP contribution in [0.15, 0.2) is 30.6 Å². The first-order valence-corrected chi connectivity index (χ1v) is 9.08. The van der Waals surface area contributed by atoms with Gasteiger partial charge in [-0.1, -0.05) is 12.1 Å². The van der Waals surface area contributed by atoms with Crippen LogP contribution in [0.25, 0.3) is 10.9 Å². The molecule has 7 nitrogen and oxygen atoms in total. The fourth-order valence-electron chi connectivity index (χ4n) is 3.74. The molecular formula is C19H23N3O4. The van der Waals surface area contributed by atoms with Crippen molar-refractivity contribution >= 4 is 16.8 Å². The third-order valence-electron chi connectivity index (χ3n) is 5.11. The van der Waals surface area contributed by atoms with Gasteiger partial charge in [0.25, 0.3) is 5.91 Å². The third kappa shape index (κ3) is 3.78. The lowest BCUT2D eigenvalue weighted by Gasteiger charge is -2.43. The van der Waals surface area contributed by atoms with Crippen LogP contribution in [0, 0.1) is 0 Å². The van der Waals surface area contributed by atoms with Crippen molar-refractivity contribution in [1.82, 2.24) is 15.3 Å². The Labute approximate surface area is 152 Å². The number of fused-ring (bicyclic) bond motifs is 1. The van der Waals surface area contributed by atoms with Gasteiger partial charge in [0.1, 0.15) is 6.33 Å². The predicted octanol–water partition coefficient (Wildman–Crippen LogP) is 1.85. The Morgan fingerprint density at radius 2 is 2.08 bits per heavy atom. The van der Waals surface area contributed by atoms with Gasteiger partial charge >= 0.3 is 0 Å². The lowest BCUT2D eigenvalue weighted by molar-refractivity contribution is -0.144. The Kier molecular flexibility index (Phi) is 4.99. The summed E-state index contributed by atoms with van der Waals surface area (Å²) < 4.78 is 17.1. The molecule has 2 aliphatic heterocycles. The van der Waals surface area contributed by atoms with Crippen LogP contribution in [0.4, 0.5) is 0 Å². The van der Waals surface area contributed by atoms with E-state index in [2.05, 4.69) is 15.3 Å². The molecule has 4 rings (SSSR count). The molecule has 2 aromatic rings. The number of para-hydroxylation sites is 1. The highest BCUT2D eigenvalue weighted by Gasteiger charge is 2.39. The average molecular weight is 357 g/mol. The zero-order valence-corrected chi connectivity index (χ0v) is 14.6. The van der Waals surface area contributed by atoms with Gasteiger partial charge in [-0.3, -0.25) is 4.79 Å². The fraction of sp³-hybridized carbons (Fsp3) is 0.526. The topological polar surface area (TPSA) is 82.6 Å². The van der Waals surface area contributed by atoms with E-state index in [-0.39, 0.29) is 24.2 Å². The number of carbonyl (C=O) groups is 1. The van der Waals surface area contributed by atoms with Crippen LogP contribution in [0.1, 0.15) is 25.7 Å². The highest BCUT2D eigenvalue weighted by molar-refractivity contribution is 5.84. The zero-order valence-electron chi connectivity index (χ0n) is 14.6. The maximum Gasteiger partial charge on any atom is 0.258 e. The number of benzene rings is 1. The summed E-state index contributed by atoms with van der Waals surface area (Å²) in [6.45, 7) is 2.06. The second-order valence-corrected chi connectivity index (χ2v) is 6.89. The minimum Gasteiger partial charge on any atom is -0.467 e. The van der Waals surface area contributed by atoms with Crippen LogP contribution in [0.3, 0.4) is 0 Å². The molecule has 1 atom stereocenters. The molecule has 1 aromatic carbocycles. The fourth-order valence-corrected chi connectivity index (χ4v) is 3.74. The molecule has 3 heterocycles. The van der Waals surface area contributed by atoms with Gasteiger partial charge in [-0.25, -0.2) is 9.97 Å². The highest BCUT2D eigenvalue weighted by atomic mass is 16.5. The van der Waals surface area contributed by atoms with E-state index in [1.807, 2.05) is 24.3 Å². The Bertz CT molecular complexity index is 765. The predicted molar refractivity (Wildman–Crippen MR) is 94.9 cm³/mol. The number of ether oxygens (including phenoxy) is 3. The zero-order chi connectivity index (χ0) is 17.8. The van der Waals surface area contributed by atoms with Crippen molar-refractivity contribution in [3.05, 3.63) is 30.6 Å². The van der Waals surface area contributed by atoms with Crippen molar-refractivity contribution in [1.29, 1.82) is 0 Å². The highest BCUT2D eigenvalue weighted by Crippen LogP contribution is 2.34. The van der Waals surface area contributed by atoms with Gasteiger partial charge in [0.2, 0.25) is 5.88 Å². The summed E-state index contributed by atoms with van der Waals surface area (Å²) in [6, 6.07) is 7.69. The smallest absolute Gasteiger partial charge is 0.258 e. The first-order valence-electron chi connectivity index (χ1n) is 9.08. The van der Waals surface area contributed by atoms with Crippen LogP contribution in [0.5, 0.6) is 5.88 Å². The first-order chi connectivity index (χ1) is 12.7. The van der Waals surface area contributed by atoms with E-state index in [0.29, 0.717) is 12.5 Å². The Hall–Kier alpha value is -2.25. The second-order valence-electron chi connectivity index (χ2n) is 6.89. The van der Waals surface area contributed by atoms with Gasteiger partial charge < -0.3 is 19.5 Å². The summed E-state index contributed by atoms with van der Waals surface area (Å²) in [7, 11) is 0. The molecule has 2 aliphatic rings. The molecule has 26 heavy (non-hydrogen) atoms. The van der Waals surface area contributed by atoms with Crippen LogP contribution < -0.4 is 10.1 Å². The number of aromatic nitrogens is 2. The third-order valence-corrected chi connectivity index (χ3v) is 5.11. The van der Waals surface area contributed by atoms with Gasteiger partial charge in [-0.05, 0) is 37.8 Å². The van der Waals surface area contributed by atoms with Crippen molar-refractivity contribution in [2.45, 2.75) is 37.3 Å². The SMILES string of the molecule is O=C(COc1ncnc2ccccc12)N[C@H]1CCOC2(CCOCC2)C1. The van der Waals surface area contributed by atoms with Gasteiger partial charge in [-0.15, -0.1) is 0 Å². The molecule has 0 unspecified atom stereocenters. The number of rotatable bonds is 4. The van der Waals surface area contributed by atoms with Gasteiger partial charge in [0, 0.05) is 25.9 Å². The number of nitrogens with one attached hydrogen (secondary N) is 1. The minimum atomic E-state index is -0.141. The maximum absolute atomic E-state index is 12.3. The van der Waals surface area contributed by atoms with Crippen molar-refractivity contribution < 1.29 is 19.0 Å². The van der Waals surface area contributed by atoms with Crippen molar-refractivity contribution in [3.8, 4) is 5.88 Å². The largest absolute Gasteiger partial charge is 0.467 e. The summed E-state index contributed by atoms with van der Waals surface area (Å²) in [5.41, 5.74) is 0.654. The van der Waals surface area contributed by atoms with Crippen LogP contribution in [-0.4, -0.2) is 53.9 Å². The first kappa shape index (κ1) is 17.2. The van der Waals surface area contributed by atoms with Crippen molar-refractivity contribution in [2.24, 2.45) is 0 Å². The molecule has 0 bridgehead atoms. The molecule has 7 heteroatoms. The number of hydrogen-bond acceptors (Lipinski definition) is 6. The van der Waals surface area contributed by atoms with Gasteiger partial charge in [-0.2, -0.15) is 0 Å². The van der Waals surface area contributed by atoms with Crippen molar-refractivity contribution in [3.63, 3.8) is 0 Å². The standard InChI is InChI=1S/C19H23N3O4/c23-17(12-25-18-15-3-1-2-4-16(15)20-13-21-18)22-14-5-8-26-19(11-14)6-9-24-10-7-19/h1-4,13-14H,5-12H2,(H,22,23)/t14-/m0/s1. The monoisotopic (exact) mass is 357 g/mol. The van der Waals surface area contributed by atoms with Gasteiger partial charge in [0.05, 0.1) is 16.5 Å². The van der Waals surface area contributed by atoms with Crippen LogP contribution >= 0.6 is 0 Å². The molecule has 0 radical (unpaired) electrons. The molecule has 2 fully saturated rings. The molecule has 1 amide bonds. The van der Waals surface area contributed by atoms with Gasteiger partial charge in [0.15, 0.2) is 6.61 Å². The molecular weight excluding hydrogens is 334 g/mol. The summed E-state index contributed by atoms with van der Waals surface area (Å²) >= 11 is 0. The summed E-state index contributed by atoms with van der Waals surface area (Å²) in [4.78, 5) is 20.7. The number of hydrogen-bond donors (Lipinski definition) is 1. The molecule has 1 N–H and O–H groups in total. The lowest BCUT2D eigenvalue weighted by Crippen LogP contribution is -2.51. The van der Waals surface area contributed by atoms with E-state index < -0.39 is 0 Å². The molecule has 1 aromatic heterocycles. The van der Waals surface area contributed by atoms with E-state index in [1.165, 1.54) is 6.33 Å². The second kappa shape index (κ2) is 7.55. The van der Waals surface area contributed by atoms with E-state index >= 15 is 0 Å². The van der Waals surface area contributed by atoms with E-state index in [0.717, 1.165) is 49.8 Å². The molecule has 2 saturated heterocycles. The Morgan fingerprint density at radius 3 is 2.96 bits per heavy atom. The Balaban J connectivity index is 1.34. The number of amides is 1. The van der Waals surface area contributed by atoms with E-state index in [9.17, 15) is 4.79 Å². The quantitative estimate of drug-likeness (QED) is 0.899. The van der Waals surface area contributed by atoms with Crippen molar-refractivity contribution in [2.75, 3.05) is 26.4 Å². The average Bonchev–Trinajstić information content (AvgIpc) is 2.67. The summed E-state index contributed by atoms with van der Waals surface area (Å²) in [5.74, 6) is 0.292. The lowest BCUT2D eigenvalue weighted by atomic mass is 9.84. The normalized spacial score (nSPS) is 22.2. The minimum absolute atomic E-state index is 0.0610. The molecule has 1 spiro atoms. The van der Waals surface area contributed by atoms with E-state index in [4.69, 9.17) is 14.2 Å². The maximum atomic E-state index is 12.3. The molecule has 0 saturated carbocycles. The van der Waals surface area contributed by atoms with E-state index in [1.54, 1.807) is 0 Å². The summed E-state index contributed by atoms with van der Waals surface area (Å²) in [6.07, 6.45) is 4.89. The number of carbonyl (C=O) groups excluding carboxylic acids is 1. The molecule has 0 aliphatic carbocycles. The molecule has 138 valence electrons. The Morgan fingerprint density at radius 1 is 1.23 bits per heavy atom. The summed E-state index contributed by atoms with van der Waals surface area (Å²) in [5, 5.41) is 3.88. The van der Waals surface area contributed by atoms with Crippen LogP contribution in [-0.2, 0) is 14.3 Å². The number of nitrogens with zero attached hydrogens (tertiary/aromatic N) is 2. The van der Waals surface area contributed by atoms with Crippen LogP contribution in [0.2, 0.25) is 0 Å².